The van der Waals surface area contributed by atoms with Crippen molar-refractivity contribution in [2.45, 2.75) is 90.6 Å². The lowest BCUT2D eigenvalue weighted by Gasteiger charge is -2.32. The first-order valence-electron chi connectivity index (χ1n) is 9.51. The molecule has 0 radical (unpaired) electrons. The van der Waals surface area contributed by atoms with E-state index in [1.165, 1.54) is 0 Å². The quantitative estimate of drug-likeness (QED) is 0.588. The summed E-state index contributed by atoms with van der Waals surface area (Å²) >= 11 is 0. The molecule has 0 aromatic carbocycles. The van der Waals surface area contributed by atoms with Crippen molar-refractivity contribution in [1.82, 2.24) is 10.2 Å². The highest BCUT2D eigenvalue weighted by Gasteiger charge is 2.46. The average Bonchev–Trinajstić information content (AvgIpc) is 2.85. The van der Waals surface area contributed by atoms with E-state index in [9.17, 15) is 14.4 Å². The lowest BCUT2D eigenvalue weighted by molar-refractivity contribution is -0.164. The highest BCUT2D eigenvalue weighted by molar-refractivity contribution is 5.91. The maximum Gasteiger partial charge on any atom is 0.408 e. The molecule has 2 rings (SSSR count). The fraction of sp³-hybridized carbons (Fsp3) is 0.750. The number of nitrogens with zero attached hydrogens (tertiary/aromatic N) is 1. The minimum absolute atomic E-state index is 0.164. The van der Waals surface area contributed by atoms with Crippen molar-refractivity contribution in [2.75, 3.05) is 0 Å². The van der Waals surface area contributed by atoms with Gasteiger partial charge < -0.3 is 19.7 Å². The molecule has 0 spiro atoms. The fourth-order valence-electron chi connectivity index (χ4n) is 3.37. The van der Waals surface area contributed by atoms with Crippen LogP contribution in [-0.2, 0) is 19.1 Å². The van der Waals surface area contributed by atoms with Gasteiger partial charge in [0.1, 0.15) is 23.3 Å². The molecule has 0 aliphatic carbocycles. The molecule has 0 aromatic heterocycles. The van der Waals surface area contributed by atoms with Gasteiger partial charge in [-0.15, -0.1) is 0 Å². The Morgan fingerprint density at radius 2 is 1.63 bits per heavy atom. The number of fused-ring (bicyclic) bond motifs is 1. The zero-order chi connectivity index (χ0) is 20.6. The first kappa shape index (κ1) is 21.3. The molecule has 4 atom stereocenters. The lowest BCUT2D eigenvalue weighted by Crippen LogP contribution is -2.55. The summed E-state index contributed by atoms with van der Waals surface area (Å²) < 4.78 is 10.8. The predicted octanol–water partition coefficient (Wildman–Crippen LogP) is 2.79. The first-order chi connectivity index (χ1) is 12.3. The highest BCUT2D eigenvalue weighted by Crippen LogP contribution is 2.31. The van der Waals surface area contributed by atoms with E-state index < -0.39 is 35.3 Å². The Kier molecular flexibility index (Phi) is 5.92. The molecule has 2 amide bonds. The molecule has 1 N–H and O–H groups in total. The van der Waals surface area contributed by atoms with E-state index in [4.69, 9.17) is 9.47 Å². The molecule has 1 unspecified atom stereocenters. The summed E-state index contributed by atoms with van der Waals surface area (Å²) in [5.41, 5.74) is -1.28. The maximum absolute atomic E-state index is 13.2. The molecule has 0 aromatic rings. The van der Waals surface area contributed by atoms with Gasteiger partial charge in [0.15, 0.2) is 0 Å². The molecule has 152 valence electrons. The van der Waals surface area contributed by atoms with Gasteiger partial charge in [-0.3, -0.25) is 4.79 Å². The van der Waals surface area contributed by atoms with Crippen LogP contribution >= 0.6 is 0 Å². The van der Waals surface area contributed by atoms with Crippen LogP contribution in [0.5, 0.6) is 0 Å². The highest BCUT2D eigenvalue weighted by atomic mass is 16.6. The van der Waals surface area contributed by atoms with Crippen LogP contribution in [-0.4, -0.2) is 52.2 Å². The number of esters is 1. The van der Waals surface area contributed by atoms with Gasteiger partial charge in [0.05, 0.1) is 6.04 Å². The van der Waals surface area contributed by atoms with Gasteiger partial charge in [-0.25, -0.2) is 9.59 Å². The molecule has 7 nitrogen and oxygen atoms in total. The number of hydrogen-bond acceptors (Lipinski definition) is 5. The average molecular weight is 380 g/mol. The molecule has 0 bridgehead atoms. The predicted molar refractivity (Wildman–Crippen MR) is 101 cm³/mol. The first-order valence-corrected chi connectivity index (χ1v) is 9.51. The topological polar surface area (TPSA) is 84.9 Å². The molecule has 7 heteroatoms. The number of nitrogens with one attached hydrogen (secondary N) is 1. The summed E-state index contributed by atoms with van der Waals surface area (Å²) in [4.78, 5) is 39.6. The SMILES string of the molecule is C[C@@H]1C=CC2CC[C@@H](C(=O)OC(C)(C)C)N2C(=O)[C@H]1NC(=O)OC(C)(C)C. The number of amides is 2. The van der Waals surface area contributed by atoms with Gasteiger partial charge in [-0.05, 0) is 54.4 Å². The smallest absolute Gasteiger partial charge is 0.408 e. The molecular weight excluding hydrogens is 348 g/mol. The molecule has 2 aliphatic rings. The van der Waals surface area contributed by atoms with Crippen molar-refractivity contribution < 1.29 is 23.9 Å². The van der Waals surface area contributed by atoms with E-state index >= 15 is 0 Å². The summed E-state index contributed by atoms with van der Waals surface area (Å²) in [6.45, 7) is 12.6. The van der Waals surface area contributed by atoms with Crippen LogP contribution in [0.4, 0.5) is 4.79 Å². The fourth-order valence-corrected chi connectivity index (χ4v) is 3.37. The Hall–Kier alpha value is -2.05. The van der Waals surface area contributed by atoms with E-state index in [1.54, 1.807) is 46.4 Å². The third-order valence-electron chi connectivity index (χ3n) is 4.46. The number of rotatable bonds is 2. The summed E-state index contributed by atoms with van der Waals surface area (Å²) in [6, 6.07) is -1.59. The van der Waals surface area contributed by atoms with Crippen molar-refractivity contribution in [2.24, 2.45) is 5.92 Å². The van der Waals surface area contributed by atoms with Gasteiger partial charge >= 0.3 is 12.1 Å². The number of carbonyl (C=O) groups is 3. The van der Waals surface area contributed by atoms with Gasteiger partial charge in [0, 0.05) is 5.92 Å². The zero-order valence-electron chi connectivity index (χ0n) is 17.4. The van der Waals surface area contributed by atoms with E-state index in [0.29, 0.717) is 12.8 Å². The Bertz CT molecular complexity index is 629. The summed E-state index contributed by atoms with van der Waals surface area (Å²) in [7, 11) is 0. The van der Waals surface area contributed by atoms with E-state index in [1.807, 2.05) is 19.1 Å². The normalized spacial score (nSPS) is 28.4. The van der Waals surface area contributed by atoms with Crippen molar-refractivity contribution in [1.29, 1.82) is 0 Å². The summed E-state index contributed by atoms with van der Waals surface area (Å²) in [5.74, 6) is -0.899. The summed E-state index contributed by atoms with van der Waals surface area (Å²) in [5, 5.41) is 2.68. The monoisotopic (exact) mass is 380 g/mol. The third-order valence-corrected chi connectivity index (χ3v) is 4.46. The summed E-state index contributed by atoms with van der Waals surface area (Å²) in [6.07, 6.45) is 4.46. The third kappa shape index (κ3) is 5.47. The van der Waals surface area contributed by atoms with E-state index in [2.05, 4.69) is 5.32 Å². The molecule has 2 aliphatic heterocycles. The van der Waals surface area contributed by atoms with Gasteiger partial charge in [0.25, 0.3) is 0 Å². The van der Waals surface area contributed by atoms with E-state index in [-0.39, 0.29) is 17.9 Å². The van der Waals surface area contributed by atoms with Crippen molar-refractivity contribution in [3.8, 4) is 0 Å². The molecule has 1 fully saturated rings. The van der Waals surface area contributed by atoms with Crippen molar-refractivity contribution in [3.05, 3.63) is 12.2 Å². The van der Waals surface area contributed by atoms with Crippen molar-refractivity contribution in [3.63, 3.8) is 0 Å². The standard InChI is InChI=1S/C20H32N2O5/c1-12-8-9-13-10-11-14(17(24)26-19(2,3)4)22(13)16(23)15(12)21-18(25)27-20(5,6)7/h8-9,12-15H,10-11H2,1-7H3,(H,21,25)/t12-,13?,14+,15+/m1/s1. The Balaban J connectivity index is 2.20. The van der Waals surface area contributed by atoms with Gasteiger partial charge in [0.2, 0.25) is 5.91 Å². The second-order valence-corrected chi connectivity index (χ2v) is 9.31. The van der Waals surface area contributed by atoms with Crippen LogP contribution in [0.3, 0.4) is 0 Å². The molecular formula is C20H32N2O5. The lowest BCUT2D eigenvalue weighted by atomic mass is 10.0. The van der Waals surface area contributed by atoms with Crippen LogP contribution in [0.15, 0.2) is 12.2 Å². The Morgan fingerprint density at radius 3 is 2.19 bits per heavy atom. The van der Waals surface area contributed by atoms with Crippen LogP contribution in [0.25, 0.3) is 0 Å². The Morgan fingerprint density at radius 1 is 1.04 bits per heavy atom. The maximum atomic E-state index is 13.2. The molecule has 2 heterocycles. The number of carbonyl (C=O) groups excluding carboxylic acids is 3. The van der Waals surface area contributed by atoms with Crippen molar-refractivity contribution >= 4 is 18.0 Å². The number of ether oxygens (including phenoxy) is 2. The second kappa shape index (κ2) is 7.52. The van der Waals surface area contributed by atoms with E-state index in [0.717, 1.165) is 0 Å². The Labute approximate surface area is 161 Å². The van der Waals surface area contributed by atoms with Crippen LogP contribution in [0.1, 0.15) is 61.3 Å². The minimum atomic E-state index is -0.788. The van der Waals surface area contributed by atoms with Crippen LogP contribution in [0.2, 0.25) is 0 Å². The molecule has 1 saturated heterocycles. The largest absolute Gasteiger partial charge is 0.458 e. The van der Waals surface area contributed by atoms with Gasteiger partial charge in [-0.2, -0.15) is 0 Å². The molecule has 27 heavy (non-hydrogen) atoms. The number of alkyl carbamates (subject to hydrolysis) is 1. The second-order valence-electron chi connectivity index (χ2n) is 9.31. The zero-order valence-corrected chi connectivity index (χ0v) is 17.4. The number of hydrogen-bond donors (Lipinski definition) is 1. The van der Waals surface area contributed by atoms with Crippen LogP contribution in [0, 0.1) is 5.92 Å². The van der Waals surface area contributed by atoms with Gasteiger partial charge in [-0.1, -0.05) is 19.1 Å². The minimum Gasteiger partial charge on any atom is -0.458 e. The van der Waals surface area contributed by atoms with Crippen LogP contribution < -0.4 is 5.32 Å². The molecule has 0 saturated carbocycles.